The van der Waals surface area contributed by atoms with E-state index in [1.807, 2.05) is 0 Å². The Balaban J connectivity index is 1.60. The first kappa shape index (κ1) is 18.6. The third-order valence-corrected chi connectivity index (χ3v) is 4.93. The minimum Gasteiger partial charge on any atom is -0.336 e. The molecule has 1 aromatic carbocycles. The summed E-state index contributed by atoms with van der Waals surface area (Å²) >= 11 is 0. The molecule has 1 fully saturated rings. The number of carbonyl (C=O) groups excluding carboxylic acids is 1. The molecular formula is C20H29N5O. The van der Waals surface area contributed by atoms with E-state index in [2.05, 4.69) is 58.2 Å². The highest BCUT2D eigenvalue weighted by molar-refractivity contribution is 5.76. The van der Waals surface area contributed by atoms with Gasteiger partial charge >= 0.3 is 0 Å². The van der Waals surface area contributed by atoms with Crippen molar-refractivity contribution in [3.8, 4) is 0 Å². The molecule has 0 radical (unpaired) electrons. The molecule has 6 nitrogen and oxygen atoms in total. The maximum Gasteiger partial charge on any atom is 0.223 e. The van der Waals surface area contributed by atoms with Gasteiger partial charge in [0.15, 0.2) is 0 Å². The zero-order valence-corrected chi connectivity index (χ0v) is 15.8. The molecule has 0 N–H and O–H groups in total. The molecule has 2 heterocycles. The Hall–Kier alpha value is -2.21. The lowest BCUT2D eigenvalue weighted by molar-refractivity contribution is -0.135. The standard InChI is InChI=1S/C20H29N5O/c1-23(2)14-17-8-10-18(11-9-17)19-6-3-4-13-25(19)20(26)7-5-12-24-16-21-15-22-24/h8-11,15-16,19H,3-7,12-14H2,1-2H3. The van der Waals surface area contributed by atoms with Crippen molar-refractivity contribution in [2.45, 2.75) is 51.2 Å². The van der Waals surface area contributed by atoms with E-state index in [1.54, 1.807) is 11.0 Å². The molecule has 1 aromatic heterocycles. The second-order valence-corrected chi connectivity index (χ2v) is 7.34. The number of amides is 1. The molecule has 1 aliphatic heterocycles. The zero-order valence-electron chi connectivity index (χ0n) is 15.8. The Morgan fingerprint density at radius 1 is 1.23 bits per heavy atom. The van der Waals surface area contributed by atoms with Crippen molar-refractivity contribution < 1.29 is 4.79 Å². The lowest BCUT2D eigenvalue weighted by Crippen LogP contribution is -2.38. The van der Waals surface area contributed by atoms with Crippen LogP contribution >= 0.6 is 0 Å². The van der Waals surface area contributed by atoms with Crippen molar-refractivity contribution in [2.24, 2.45) is 0 Å². The van der Waals surface area contributed by atoms with Crippen molar-refractivity contribution in [3.05, 3.63) is 48.0 Å². The molecule has 1 atom stereocenters. The molecule has 0 spiro atoms. The van der Waals surface area contributed by atoms with Crippen LogP contribution in [-0.2, 0) is 17.9 Å². The molecule has 0 bridgehead atoms. The summed E-state index contributed by atoms with van der Waals surface area (Å²) in [5.74, 6) is 0.257. The fourth-order valence-electron chi connectivity index (χ4n) is 3.67. The molecular weight excluding hydrogens is 326 g/mol. The molecule has 1 saturated heterocycles. The molecule has 2 aromatic rings. The molecule has 26 heavy (non-hydrogen) atoms. The number of carbonyl (C=O) groups is 1. The summed E-state index contributed by atoms with van der Waals surface area (Å²) in [5, 5.41) is 4.09. The molecule has 1 amide bonds. The quantitative estimate of drug-likeness (QED) is 0.766. The van der Waals surface area contributed by atoms with Gasteiger partial charge in [-0.25, -0.2) is 4.98 Å². The molecule has 140 valence electrons. The zero-order chi connectivity index (χ0) is 18.4. The van der Waals surface area contributed by atoms with E-state index in [9.17, 15) is 4.79 Å². The normalized spacial score (nSPS) is 17.7. The highest BCUT2D eigenvalue weighted by atomic mass is 16.2. The Kier molecular flexibility index (Phi) is 6.39. The first-order chi connectivity index (χ1) is 12.6. The van der Waals surface area contributed by atoms with E-state index in [1.165, 1.54) is 23.9 Å². The van der Waals surface area contributed by atoms with E-state index in [0.29, 0.717) is 6.42 Å². The number of aromatic nitrogens is 3. The van der Waals surface area contributed by atoms with E-state index < -0.39 is 0 Å². The number of rotatable bonds is 7. The maximum absolute atomic E-state index is 12.8. The molecule has 0 aliphatic carbocycles. The largest absolute Gasteiger partial charge is 0.336 e. The van der Waals surface area contributed by atoms with Gasteiger partial charge in [0, 0.05) is 26.1 Å². The summed E-state index contributed by atoms with van der Waals surface area (Å²) in [5.41, 5.74) is 2.57. The topological polar surface area (TPSA) is 54.3 Å². The van der Waals surface area contributed by atoms with Crippen LogP contribution < -0.4 is 0 Å². The lowest BCUT2D eigenvalue weighted by atomic mass is 9.94. The summed E-state index contributed by atoms with van der Waals surface area (Å²) in [6, 6.07) is 9.00. The van der Waals surface area contributed by atoms with Crippen LogP contribution in [0, 0.1) is 0 Å². The van der Waals surface area contributed by atoms with Gasteiger partial charge in [0.1, 0.15) is 12.7 Å². The van der Waals surface area contributed by atoms with Gasteiger partial charge < -0.3 is 9.80 Å². The second-order valence-electron chi connectivity index (χ2n) is 7.34. The van der Waals surface area contributed by atoms with Gasteiger partial charge in [0.25, 0.3) is 0 Å². The van der Waals surface area contributed by atoms with Gasteiger partial charge in [0.2, 0.25) is 5.91 Å². The number of hydrogen-bond acceptors (Lipinski definition) is 4. The van der Waals surface area contributed by atoms with E-state index in [4.69, 9.17) is 0 Å². The Morgan fingerprint density at radius 2 is 2.04 bits per heavy atom. The SMILES string of the molecule is CN(C)Cc1ccc(C2CCCCN2C(=O)CCCn2cncn2)cc1. The van der Waals surface area contributed by atoms with E-state index in [-0.39, 0.29) is 11.9 Å². The maximum atomic E-state index is 12.8. The van der Waals surface area contributed by atoms with Crippen LogP contribution in [0.1, 0.15) is 49.3 Å². The predicted molar refractivity (Wildman–Crippen MR) is 101 cm³/mol. The van der Waals surface area contributed by atoms with Crippen LogP contribution in [0.3, 0.4) is 0 Å². The lowest BCUT2D eigenvalue weighted by Gasteiger charge is -2.36. The summed E-state index contributed by atoms with van der Waals surface area (Å²) in [4.78, 5) is 21.0. The van der Waals surface area contributed by atoms with Gasteiger partial charge in [0.05, 0.1) is 6.04 Å². The van der Waals surface area contributed by atoms with E-state index >= 15 is 0 Å². The van der Waals surface area contributed by atoms with Crippen molar-refractivity contribution in [3.63, 3.8) is 0 Å². The van der Waals surface area contributed by atoms with Crippen LogP contribution in [-0.4, -0.2) is 51.1 Å². The first-order valence-corrected chi connectivity index (χ1v) is 9.49. The highest BCUT2D eigenvalue weighted by Crippen LogP contribution is 2.31. The minimum atomic E-state index is 0.219. The second kappa shape index (κ2) is 8.94. The molecule has 0 saturated carbocycles. The third-order valence-electron chi connectivity index (χ3n) is 4.93. The summed E-state index contributed by atoms with van der Waals surface area (Å²) in [7, 11) is 4.16. The molecule has 6 heteroatoms. The fourth-order valence-corrected chi connectivity index (χ4v) is 3.67. The Labute approximate surface area is 155 Å². The molecule has 3 rings (SSSR count). The third kappa shape index (κ3) is 4.91. The van der Waals surface area contributed by atoms with Crippen molar-refractivity contribution in [1.82, 2.24) is 24.6 Å². The van der Waals surface area contributed by atoms with Gasteiger partial charge in [-0.3, -0.25) is 9.48 Å². The van der Waals surface area contributed by atoms with Crippen LogP contribution in [0.15, 0.2) is 36.9 Å². The molecule has 1 aliphatic rings. The number of piperidine rings is 1. The number of hydrogen-bond donors (Lipinski definition) is 0. The smallest absolute Gasteiger partial charge is 0.223 e. The Morgan fingerprint density at radius 3 is 2.73 bits per heavy atom. The number of nitrogens with zero attached hydrogens (tertiary/aromatic N) is 5. The van der Waals surface area contributed by atoms with Gasteiger partial charge in [-0.2, -0.15) is 5.10 Å². The van der Waals surface area contributed by atoms with Crippen LogP contribution in [0.4, 0.5) is 0 Å². The van der Waals surface area contributed by atoms with Crippen molar-refractivity contribution in [2.75, 3.05) is 20.6 Å². The fraction of sp³-hybridized carbons (Fsp3) is 0.550. The number of aryl methyl sites for hydroxylation is 1. The van der Waals surface area contributed by atoms with Crippen molar-refractivity contribution in [1.29, 1.82) is 0 Å². The minimum absolute atomic E-state index is 0.219. The van der Waals surface area contributed by atoms with Crippen molar-refractivity contribution >= 4 is 5.91 Å². The first-order valence-electron chi connectivity index (χ1n) is 9.49. The van der Waals surface area contributed by atoms with Crippen LogP contribution in [0.5, 0.6) is 0 Å². The summed E-state index contributed by atoms with van der Waals surface area (Å²) in [6.45, 7) is 2.55. The highest BCUT2D eigenvalue weighted by Gasteiger charge is 2.27. The average Bonchev–Trinajstić information content (AvgIpc) is 3.15. The Bertz CT molecular complexity index is 681. The summed E-state index contributed by atoms with van der Waals surface area (Å²) < 4.78 is 1.78. The number of likely N-dealkylation sites (tertiary alicyclic amines) is 1. The van der Waals surface area contributed by atoms with Crippen LogP contribution in [0.2, 0.25) is 0 Å². The molecule has 1 unspecified atom stereocenters. The summed E-state index contributed by atoms with van der Waals surface area (Å²) in [6.07, 6.45) is 7.94. The van der Waals surface area contributed by atoms with Gasteiger partial charge in [-0.05, 0) is 50.9 Å². The predicted octanol–water partition coefficient (Wildman–Crippen LogP) is 2.87. The van der Waals surface area contributed by atoms with Gasteiger partial charge in [-0.15, -0.1) is 0 Å². The van der Waals surface area contributed by atoms with Gasteiger partial charge in [-0.1, -0.05) is 24.3 Å². The monoisotopic (exact) mass is 355 g/mol. The van der Waals surface area contributed by atoms with E-state index in [0.717, 1.165) is 38.9 Å². The van der Waals surface area contributed by atoms with Crippen LogP contribution in [0.25, 0.3) is 0 Å². The average molecular weight is 355 g/mol. The number of benzene rings is 1.